The third-order valence-corrected chi connectivity index (χ3v) is 4.87. The van der Waals surface area contributed by atoms with E-state index in [0.29, 0.717) is 19.3 Å². The van der Waals surface area contributed by atoms with Crippen LogP contribution in [0, 0.1) is 11.8 Å². The van der Waals surface area contributed by atoms with E-state index in [1.165, 1.54) is 57.8 Å². The first-order chi connectivity index (χ1) is 13.5. The molecule has 28 heavy (non-hydrogen) atoms. The van der Waals surface area contributed by atoms with Crippen LogP contribution >= 0.6 is 0 Å². The highest BCUT2D eigenvalue weighted by Crippen LogP contribution is 2.16. The lowest BCUT2D eigenvalue weighted by atomic mass is 9.99. The molecule has 0 aromatic rings. The maximum Gasteiger partial charge on any atom is 0.318 e. The van der Waals surface area contributed by atoms with Crippen LogP contribution in [-0.2, 0) is 19.1 Å². The van der Waals surface area contributed by atoms with E-state index in [1.807, 2.05) is 13.8 Å². The van der Waals surface area contributed by atoms with Crippen molar-refractivity contribution < 1.29 is 19.1 Å². The van der Waals surface area contributed by atoms with Crippen molar-refractivity contribution in [1.29, 1.82) is 0 Å². The van der Waals surface area contributed by atoms with Gasteiger partial charge in [-0.15, -0.1) is 0 Å². The molecule has 0 aliphatic rings. The Hall–Kier alpha value is -1.39. The first kappa shape index (κ1) is 26.6. The van der Waals surface area contributed by atoms with Gasteiger partial charge < -0.3 is 14.8 Å². The van der Waals surface area contributed by atoms with Gasteiger partial charge in [0.15, 0.2) is 0 Å². The first-order valence-corrected chi connectivity index (χ1v) is 11.4. The molecule has 1 unspecified atom stereocenters. The second-order valence-electron chi connectivity index (χ2n) is 8.17. The van der Waals surface area contributed by atoms with Gasteiger partial charge in [-0.2, -0.15) is 0 Å². The van der Waals surface area contributed by atoms with Crippen LogP contribution in [0.2, 0.25) is 0 Å². The van der Waals surface area contributed by atoms with Crippen molar-refractivity contribution in [2.45, 2.75) is 104 Å². The van der Waals surface area contributed by atoms with Crippen LogP contribution < -0.4 is 5.32 Å². The van der Waals surface area contributed by atoms with E-state index in [9.17, 15) is 14.4 Å². The molecule has 0 spiro atoms. The van der Waals surface area contributed by atoms with Gasteiger partial charge in [0.2, 0.25) is 5.91 Å². The van der Waals surface area contributed by atoms with Crippen molar-refractivity contribution in [2.75, 3.05) is 13.2 Å². The lowest BCUT2D eigenvalue weighted by Gasteiger charge is -2.16. The van der Waals surface area contributed by atoms with Gasteiger partial charge in [0.1, 0.15) is 12.2 Å². The number of esters is 1. The zero-order valence-corrected chi connectivity index (χ0v) is 18.5. The Bertz CT molecular complexity index is 409. The molecule has 1 amide bonds. The number of amides is 1. The van der Waals surface area contributed by atoms with E-state index >= 15 is 0 Å². The smallest absolute Gasteiger partial charge is 0.318 e. The standard InChI is InChI=1S/C23H43NO4/c1-4-5-6-7-8-9-10-11-12-13-14-15-16-21(22(26)24-17-18-25)23(27)28-19-20(2)3/h18,20-21H,4-17,19H2,1-3H3,(H,24,26). The minimum atomic E-state index is -0.804. The highest BCUT2D eigenvalue weighted by atomic mass is 16.5. The summed E-state index contributed by atoms with van der Waals surface area (Å²) in [5, 5.41) is 2.49. The molecule has 0 aliphatic heterocycles. The minimum Gasteiger partial charge on any atom is -0.465 e. The normalized spacial score (nSPS) is 12.0. The average Bonchev–Trinajstić information content (AvgIpc) is 2.67. The minimum absolute atomic E-state index is 0.0642. The van der Waals surface area contributed by atoms with Crippen LogP contribution in [0.5, 0.6) is 0 Å². The van der Waals surface area contributed by atoms with Gasteiger partial charge in [0, 0.05) is 0 Å². The topological polar surface area (TPSA) is 72.5 Å². The summed E-state index contributed by atoms with van der Waals surface area (Å²) >= 11 is 0. The van der Waals surface area contributed by atoms with Gasteiger partial charge in [0.05, 0.1) is 13.2 Å². The van der Waals surface area contributed by atoms with Crippen LogP contribution in [-0.4, -0.2) is 31.3 Å². The third-order valence-electron chi connectivity index (χ3n) is 4.87. The fourth-order valence-electron chi connectivity index (χ4n) is 3.16. The number of carbonyl (C=O) groups is 3. The van der Waals surface area contributed by atoms with Gasteiger partial charge >= 0.3 is 5.97 Å². The van der Waals surface area contributed by atoms with Crippen LogP contribution in [0.25, 0.3) is 0 Å². The SMILES string of the molecule is CCCCCCCCCCCCCCC(C(=O)NCC=O)C(=O)OCC(C)C. The predicted octanol–water partition coefficient (Wildman–Crippen LogP) is 5.21. The van der Waals surface area contributed by atoms with Crippen molar-refractivity contribution >= 4 is 18.2 Å². The fourth-order valence-corrected chi connectivity index (χ4v) is 3.16. The monoisotopic (exact) mass is 397 g/mol. The molecule has 0 aromatic carbocycles. The van der Waals surface area contributed by atoms with Gasteiger partial charge in [0.25, 0.3) is 0 Å². The molecule has 5 nitrogen and oxygen atoms in total. The highest BCUT2D eigenvalue weighted by molar-refractivity contribution is 5.98. The number of rotatable bonds is 19. The van der Waals surface area contributed by atoms with E-state index in [2.05, 4.69) is 12.2 Å². The molecule has 5 heteroatoms. The molecule has 0 heterocycles. The molecule has 0 rings (SSSR count). The number of unbranched alkanes of at least 4 members (excludes halogenated alkanes) is 11. The van der Waals surface area contributed by atoms with Gasteiger partial charge in [-0.05, 0) is 12.3 Å². The van der Waals surface area contributed by atoms with Crippen LogP contribution in [0.3, 0.4) is 0 Å². The highest BCUT2D eigenvalue weighted by Gasteiger charge is 2.27. The zero-order chi connectivity index (χ0) is 21.0. The molecule has 164 valence electrons. The molecule has 0 aliphatic carbocycles. The quantitative estimate of drug-likeness (QED) is 0.141. The van der Waals surface area contributed by atoms with Crippen molar-refractivity contribution in [3.05, 3.63) is 0 Å². The summed E-state index contributed by atoms with van der Waals surface area (Å²) < 4.78 is 5.24. The van der Waals surface area contributed by atoms with Crippen molar-refractivity contribution in [2.24, 2.45) is 11.8 Å². The van der Waals surface area contributed by atoms with Gasteiger partial charge in [-0.25, -0.2) is 0 Å². The molecule has 0 fully saturated rings. The lowest BCUT2D eigenvalue weighted by Crippen LogP contribution is -2.37. The molecule has 0 bridgehead atoms. The maximum absolute atomic E-state index is 12.2. The molecule has 0 saturated heterocycles. The summed E-state index contributed by atoms with van der Waals surface area (Å²) in [6.07, 6.45) is 16.0. The Balaban J connectivity index is 3.93. The lowest BCUT2D eigenvalue weighted by molar-refractivity contribution is -0.154. The molecule has 1 atom stereocenters. The summed E-state index contributed by atoms with van der Waals surface area (Å²) in [5.74, 6) is -1.44. The second kappa shape index (κ2) is 18.9. The van der Waals surface area contributed by atoms with Crippen molar-refractivity contribution in [3.8, 4) is 0 Å². The third kappa shape index (κ3) is 15.6. The van der Waals surface area contributed by atoms with Gasteiger partial charge in [-0.1, -0.05) is 97.8 Å². The summed E-state index contributed by atoms with van der Waals surface area (Å²) in [5.41, 5.74) is 0. The van der Waals surface area contributed by atoms with E-state index in [1.54, 1.807) is 0 Å². The Morgan fingerprint density at radius 2 is 1.36 bits per heavy atom. The maximum atomic E-state index is 12.2. The van der Waals surface area contributed by atoms with E-state index in [4.69, 9.17) is 4.74 Å². The summed E-state index contributed by atoms with van der Waals surface area (Å²) in [7, 11) is 0. The summed E-state index contributed by atoms with van der Waals surface area (Å²) in [6, 6.07) is 0. The van der Waals surface area contributed by atoms with Crippen molar-refractivity contribution in [1.82, 2.24) is 5.32 Å². The number of nitrogens with one attached hydrogen (secondary N) is 1. The predicted molar refractivity (Wildman–Crippen MR) is 114 cm³/mol. The van der Waals surface area contributed by atoms with E-state index < -0.39 is 17.8 Å². The van der Waals surface area contributed by atoms with Gasteiger partial charge in [-0.3, -0.25) is 9.59 Å². The van der Waals surface area contributed by atoms with Crippen LogP contribution in [0.15, 0.2) is 0 Å². The summed E-state index contributed by atoms with van der Waals surface area (Å²) in [4.78, 5) is 34.8. The molecule has 0 saturated carbocycles. The van der Waals surface area contributed by atoms with Crippen LogP contribution in [0.4, 0.5) is 0 Å². The summed E-state index contributed by atoms with van der Waals surface area (Å²) in [6.45, 7) is 6.41. The number of hydrogen-bond acceptors (Lipinski definition) is 4. The van der Waals surface area contributed by atoms with E-state index in [-0.39, 0.29) is 12.5 Å². The largest absolute Gasteiger partial charge is 0.465 e. The number of ether oxygens (including phenoxy) is 1. The average molecular weight is 398 g/mol. The number of hydrogen-bond donors (Lipinski definition) is 1. The Kier molecular flexibility index (Phi) is 18.0. The Morgan fingerprint density at radius 3 is 1.82 bits per heavy atom. The fraction of sp³-hybridized carbons (Fsp3) is 0.870. The number of aldehydes is 1. The molecule has 0 aromatic heterocycles. The van der Waals surface area contributed by atoms with E-state index in [0.717, 1.165) is 19.3 Å². The molecular weight excluding hydrogens is 354 g/mol. The zero-order valence-electron chi connectivity index (χ0n) is 18.5. The molecule has 0 radical (unpaired) electrons. The first-order valence-electron chi connectivity index (χ1n) is 11.4. The molecule has 1 N–H and O–H groups in total. The van der Waals surface area contributed by atoms with Crippen molar-refractivity contribution in [3.63, 3.8) is 0 Å². The van der Waals surface area contributed by atoms with Crippen LogP contribution in [0.1, 0.15) is 104 Å². The Labute approximate surface area is 172 Å². The second-order valence-corrected chi connectivity index (χ2v) is 8.17. The molecular formula is C23H43NO4. The number of carbonyl (C=O) groups excluding carboxylic acids is 3. The Morgan fingerprint density at radius 1 is 0.857 bits per heavy atom.